The number of rotatable bonds is 0. The van der Waals surface area contributed by atoms with Gasteiger partial charge in [-0.15, -0.1) is 5.10 Å². The topological polar surface area (TPSA) is 43.6 Å². The molecule has 0 fully saturated rings. The van der Waals surface area contributed by atoms with Gasteiger partial charge in [0.15, 0.2) is 10.2 Å². The molecule has 6 heteroatoms. The maximum atomic E-state index is 5.95. The number of fused-ring (bicyclic) bond motifs is 1. The first-order valence-electron chi connectivity index (χ1n) is 3.34. The zero-order valence-electron chi connectivity index (χ0n) is 5.67. The summed E-state index contributed by atoms with van der Waals surface area (Å²) in [5.41, 5.74) is 0. The van der Waals surface area contributed by atoms with Crippen LogP contribution in [0.5, 0.6) is 0 Å². The Labute approximate surface area is 73.5 Å². The van der Waals surface area contributed by atoms with E-state index in [-0.39, 0.29) is 0 Å². The summed E-state index contributed by atoms with van der Waals surface area (Å²) in [4.78, 5) is 0. The Hall–Kier alpha value is -0.350. The molecule has 1 aromatic rings. The van der Waals surface area contributed by atoms with Crippen LogP contribution in [0.25, 0.3) is 0 Å². The molecule has 0 atom stereocenters. The van der Waals surface area contributed by atoms with Crippen LogP contribution in [0.2, 0.25) is 0 Å². The first-order chi connectivity index (χ1) is 5.20. The van der Waals surface area contributed by atoms with Crippen LogP contribution >= 0.6 is 23.2 Å². The Balaban J connectivity index is 2.48. The van der Waals surface area contributed by atoms with E-state index in [1.807, 2.05) is 0 Å². The van der Waals surface area contributed by atoms with Crippen LogP contribution < -0.4 is 0 Å². The van der Waals surface area contributed by atoms with Gasteiger partial charge in [-0.2, -0.15) is 0 Å². The minimum absolute atomic E-state index is 0.562. The number of nitrogens with zero attached hydrogens (tertiary/aromatic N) is 4. The van der Waals surface area contributed by atoms with Crippen LogP contribution in [0.15, 0.2) is 0 Å². The lowest BCUT2D eigenvalue weighted by Crippen LogP contribution is -2.24. The van der Waals surface area contributed by atoms with Gasteiger partial charge < -0.3 is 0 Å². The monoisotopic (exact) mass is 192 g/mol. The number of alkyl halides is 2. The smallest absolute Gasteiger partial charge is 0.187 e. The van der Waals surface area contributed by atoms with Gasteiger partial charge in [0.05, 0.1) is 0 Å². The minimum atomic E-state index is -0.887. The molecule has 2 rings (SSSR count). The first kappa shape index (κ1) is 7.31. The number of aromatic nitrogens is 4. The van der Waals surface area contributed by atoms with Crippen molar-refractivity contribution < 1.29 is 0 Å². The predicted molar refractivity (Wildman–Crippen MR) is 40.4 cm³/mol. The summed E-state index contributed by atoms with van der Waals surface area (Å²) in [6.07, 6.45) is 1.64. The molecule has 0 aliphatic carbocycles. The molecule has 1 aliphatic rings. The number of aryl methyl sites for hydroxylation is 1. The van der Waals surface area contributed by atoms with E-state index in [0.29, 0.717) is 5.82 Å². The second kappa shape index (κ2) is 2.32. The molecule has 0 saturated carbocycles. The molecule has 60 valence electrons. The quantitative estimate of drug-likeness (QED) is 0.579. The van der Waals surface area contributed by atoms with Crippen molar-refractivity contribution in [2.75, 3.05) is 0 Å². The Morgan fingerprint density at radius 2 is 2.27 bits per heavy atom. The van der Waals surface area contributed by atoms with Crippen molar-refractivity contribution in [2.45, 2.75) is 23.7 Å². The summed E-state index contributed by atoms with van der Waals surface area (Å²) >= 11 is 11.9. The predicted octanol–water partition coefficient (Wildman–Crippen LogP) is 1.10. The fraction of sp³-hybridized carbons (Fsp3) is 0.800. The van der Waals surface area contributed by atoms with Gasteiger partial charge in [0.2, 0.25) is 0 Å². The molecule has 0 aromatic carbocycles. The zero-order chi connectivity index (χ0) is 7.90. The second-order valence-corrected chi connectivity index (χ2v) is 4.02. The van der Waals surface area contributed by atoms with Gasteiger partial charge in [-0.05, 0) is 23.3 Å². The summed E-state index contributed by atoms with van der Waals surface area (Å²) in [5.74, 6) is 0.562. The largest absolute Gasteiger partial charge is 0.227 e. The third-order valence-electron chi connectivity index (χ3n) is 1.72. The molecule has 1 aromatic heterocycles. The Morgan fingerprint density at radius 1 is 1.45 bits per heavy atom. The number of hydrogen-bond acceptors (Lipinski definition) is 3. The fourth-order valence-corrected chi connectivity index (χ4v) is 1.72. The van der Waals surface area contributed by atoms with Crippen LogP contribution in [0.4, 0.5) is 0 Å². The average Bonchev–Trinajstić information content (AvgIpc) is 2.34. The van der Waals surface area contributed by atoms with E-state index in [1.54, 1.807) is 4.68 Å². The molecule has 0 bridgehead atoms. The van der Waals surface area contributed by atoms with Crippen LogP contribution in [0.3, 0.4) is 0 Å². The molecule has 0 saturated heterocycles. The van der Waals surface area contributed by atoms with Gasteiger partial charge in [-0.1, -0.05) is 23.2 Å². The lowest BCUT2D eigenvalue weighted by Gasteiger charge is -2.22. The normalized spacial score (nSPS) is 21.3. The van der Waals surface area contributed by atoms with Crippen molar-refractivity contribution in [3.8, 4) is 0 Å². The molecular weight excluding hydrogens is 187 g/mol. The van der Waals surface area contributed by atoms with Crippen molar-refractivity contribution in [3.63, 3.8) is 0 Å². The second-order valence-electron chi connectivity index (χ2n) is 2.53. The third kappa shape index (κ3) is 1.10. The Bertz CT molecular complexity index is 269. The van der Waals surface area contributed by atoms with Crippen molar-refractivity contribution in [2.24, 2.45) is 0 Å². The summed E-state index contributed by atoms with van der Waals surface area (Å²) in [7, 11) is 0. The summed E-state index contributed by atoms with van der Waals surface area (Å²) < 4.78 is 0.755. The molecule has 11 heavy (non-hydrogen) atoms. The summed E-state index contributed by atoms with van der Waals surface area (Å²) in [5, 5.41) is 11.0. The SMILES string of the molecule is ClC1(Cl)CCCn2nnnc21. The van der Waals surface area contributed by atoms with Gasteiger partial charge in [0, 0.05) is 6.54 Å². The molecule has 0 radical (unpaired) electrons. The van der Waals surface area contributed by atoms with E-state index < -0.39 is 4.33 Å². The number of tetrazole rings is 1. The molecule has 0 amide bonds. The van der Waals surface area contributed by atoms with E-state index in [0.717, 1.165) is 19.4 Å². The molecule has 0 N–H and O–H groups in total. The highest BCUT2D eigenvalue weighted by Crippen LogP contribution is 2.39. The van der Waals surface area contributed by atoms with Gasteiger partial charge in [0.1, 0.15) is 0 Å². The van der Waals surface area contributed by atoms with E-state index in [1.165, 1.54) is 0 Å². The standard InChI is InChI=1S/C5H6Cl2N4/c6-5(7)2-1-3-11-4(5)8-9-10-11/h1-3H2. The van der Waals surface area contributed by atoms with Gasteiger partial charge in [0.25, 0.3) is 0 Å². The molecule has 1 aliphatic heterocycles. The van der Waals surface area contributed by atoms with E-state index in [9.17, 15) is 0 Å². The highest BCUT2D eigenvalue weighted by atomic mass is 35.5. The van der Waals surface area contributed by atoms with Crippen LogP contribution in [-0.2, 0) is 10.9 Å². The molecule has 0 spiro atoms. The van der Waals surface area contributed by atoms with E-state index >= 15 is 0 Å². The van der Waals surface area contributed by atoms with Crippen molar-refractivity contribution in [3.05, 3.63) is 5.82 Å². The van der Waals surface area contributed by atoms with Crippen LogP contribution in [-0.4, -0.2) is 20.2 Å². The number of halogens is 2. The lowest BCUT2D eigenvalue weighted by atomic mass is 10.1. The molecule has 2 heterocycles. The van der Waals surface area contributed by atoms with Gasteiger partial charge in [-0.25, -0.2) is 4.68 Å². The van der Waals surface area contributed by atoms with Crippen LogP contribution in [0.1, 0.15) is 18.7 Å². The minimum Gasteiger partial charge on any atom is -0.227 e. The third-order valence-corrected chi connectivity index (χ3v) is 2.44. The maximum Gasteiger partial charge on any atom is 0.187 e. The van der Waals surface area contributed by atoms with Gasteiger partial charge in [-0.3, -0.25) is 0 Å². The molecule has 0 unspecified atom stereocenters. The summed E-state index contributed by atoms with van der Waals surface area (Å²) in [6, 6.07) is 0. The van der Waals surface area contributed by atoms with E-state index in [4.69, 9.17) is 23.2 Å². The number of hydrogen-bond donors (Lipinski definition) is 0. The van der Waals surface area contributed by atoms with Crippen molar-refractivity contribution in [1.82, 2.24) is 20.2 Å². The fourth-order valence-electron chi connectivity index (χ4n) is 1.18. The molecular formula is C5H6Cl2N4. The van der Waals surface area contributed by atoms with Gasteiger partial charge >= 0.3 is 0 Å². The van der Waals surface area contributed by atoms with E-state index in [2.05, 4.69) is 15.5 Å². The Morgan fingerprint density at radius 3 is 3.00 bits per heavy atom. The van der Waals surface area contributed by atoms with Crippen molar-refractivity contribution in [1.29, 1.82) is 0 Å². The Kier molecular flexibility index (Phi) is 1.54. The highest BCUT2D eigenvalue weighted by Gasteiger charge is 2.35. The van der Waals surface area contributed by atoms with Crippen molar-refractivity contribution >= 4 is 23.2 Å². The molecule has 4 nitrogen and oxygen atoms in total. The summed E-state index contributed by atoms with van der Waals surface area (Å²) in [6.45, 7) is 0.809. The lowest BCUT2D eigenvalue weighted by molar-refractivity contribution is 0.444. The zero-order valence-corrected chi connectivity index (χ0v) is 7.18. The van der Waals surface area contributed by atoms with Crippen LogP contribution in [0, 0.1) is 0 Å². The maximum absolute atomic E-state index is 5.95. The first-order valence-corrected chi connectivity index (χ1v) is 4.10. The average molecular weight is 193 g/mol. The highest BCUT2D eigenvalue weighted by molar-refractivity contribution is 6.47.